The highest BCUT2D eigenvalue weighted by atomic mass is 32.1. The Hall–Kier alpha value is -1.05. The Kier molecular flexibility index (Phi) is 3.50. The van der Waals surface area contributed by atoms with E-state index in [4.69, 9.17) is 10.2 Å². The van der Waals surface area contributed by atoms with Crippen LogP contribution in [-0.2, 0) is 0 Å². The zero-order valence-corrected chi connectivity index (χ0v) is 8.41. The van der Waals surface area contributed by atoms with Crippen LogP contribution < -0.4 is 5.32 Å². The zero-order valence-electron chi connectivity index (χ0n) is 7.60. The van der Waals surface area contributed by atoms with Crippen LogP contribution in [0.1, 0.15) is 17.4 Å². The summed E-state index contributed by atoms with van der Waals surface area (Å²) in [5, 5.41) is 25.4. The number of nitrogens with one attached hydrogen (secondary N) is 1. The Bertz CT molecular complexity index is 297. The summed E-state index contributed by atoms with van der Waals surface area (Å²) in [4.78, 5) is 11.4. The van der Waals surface area contributed by atoms with Gasteiger partial charge in [-0.2, -0.15) is 0 Å². The fourth-order valence-corrected chi connectivity index (χ4v) is 1.17. The lowest BCUT2D eigenvalue weighted by molar-refractivity contribution is 0.0719. The molecule has 1 aromatic heterocycles. The maximum atomic E-state index is 11.4. The van der Waals surface area contributed by atoms with Crippen molar-refractivity contribution in [2.75, 3.05) is 13.2 Å². The molecule has 7 heteroatoms. The van der Waals surface area contributed by atoms with Crippen LogP contribution in [0.2, 0.25) is 0 Å². The number of aliphatic hydroxyl groups excluding tert-OH is 2. The van der Waals surface area contributed by atoms with Gasteiger partial charge in [-0.1, -0.05) is 4.49 Å². The molecule has 0 aliphatic heterocycles. The fourth-order valence-electron chi connectivity index (χ4n) is 0.731. The molecule has 1 heterocycles. The summed E-state index contributed by atoms with van der Waals surface area (Å²) >= 11 is 1.06. The third kappa shape index (κ3) is 2.47. The fraction of sp³-hybridized carbons (Fsp3) is 0.571. The van der Waals surface area contributed by atoms with Gasteiger partial charge in [-0.25, -0.2) is 0 Å². The largest absolute Gasteiger partial charge is 0.394 e. The second-order valence-electron chi connectivity index (χ2n) is 3.12. The van der Waals surface area contributed by atoms with E-state index in [1.807, 2.05) is 0 Å². The Morgan fingerprint density at radius 3 is 2.71 bits per heavy atom. The second-order valence-corrected chi connectivity index (χ2v) is 3.73. The van der Waals surface area contributed by atoms with Gasteiger partial charge in [0.1, 0.15) is 0 Å². The monoisotopic (exact) mass is 217 g/mol. The van der Waals surface area contributed by atoms with Crippen molar-refractivity contribution in [3.63, 3.8) is 0 Å². The second kappa shape index (κ2) is 4.45. The van der Waals surface area contributed by atoms with Crippen molar-refractivity contribution in [2.24, 2.45) is 0 Å². The van der Waals surface area contributed by atoms with E-state index >= 15 is 0 Å². The molecule has 0 saturated carbocycles. The van der Waals surface area contributed by atoms with E-state index in [0.29, 0.717) is 0 Å². The van der Waals surface area contributed by atoms with Crippen molar-refractivity contribution in [2.45, 2.75) is 12.5 Å². The Balaban J connectivity index is 2.65. The van der Waals surface area contributed by atoms with Crippen LogP contribution in [0.15, 0.2) is 5.38 Å². The molecule has 0 fully saturated rings. The van der Waals surface area contributed by atoms with E-state index in [9.17, 15) is 4.79 Å². The number of hydrogen-bond donors (Lipinski definition) is 3. The summed E-state index contributed by atoms with van der Waals surface area (Å²) in [5.74, 6) is -0.454. The van der Waals surface area contributed by atoms with Crippen molar-refractivity contribution in [3.05, 3.63) is 11.1 Å². The van der Waals surface area contributed by atoms with E-state index < -0.39 is 11.4 Å². The first-order chi connectivity index (χ1) is 6.61. The number of aromatic nitrogens is 2. The summed E-state index contributed by atoms with van der Waals surface area (Å²) in [5.41, 5.74) is -0.844. The van der Waals surface area contributed by atoms with Gasteiger partial charge in [-0.3, -0.25) is 4.79 Å². The van der Waals surface area contributed by atoms with Gasteiger partial charge in [-0.05, 0) is 18.5 Å². The molecular formula is C7H11N3O3S. The molecule has 0 unspecified atom stereocenters. The van der Waals surface area contributed by atoms with E-state index in [0.717, 1.165) is 11.5 Å². The van der Waals surface area contributed by atoms with Gasteiger partial charge in [0, 0.05) is 5.38 Å². The lowest BCUT2D eigenvalue weighted by Gasteiger charge is -2.25. The van der Waals surface area contributed by atoms with Gasteiger partial charge in [-0.15, -0.1) is 5.10 Å². The number of carbonyl (C=O) groups is 1. The molecular weight excluding hydrogens is 206 g/mol. The van der Waals surface area contributed by atoms with Crippen LogP contribution in [0.3, 0.4) is 0 Å². The van der Waals surface area contributed by atoms with Gasteiger partial charge in [0.25, 0.3) is 5.91 Å². The van der Waals surface area contributed by atoms with Crippen molar-refractivity contribution >= 4 is 17.4 Å². The molecule has 1 rings (SSSR count). The minimum absolute atomic E-state index is 0.183. The molecule has 0 atom stereocenters. The molecule has 6 nitrogen and oxygen atoms in total. The van der Waals surface area contributed by atoms with Gasteiger partial charge in [0.05, 0.1) is 18.8 Å². The van der Waals surface area contributed by atoms with Crippen LogP contribution in [0.4, 0.5) is 0 Å². The van der Waals surface area contributed by atoms with Crippen LogP contribution in [-0.4, -0.2) is 44.5 Å². The quantitative estimate of drug-likeness (QED) is 0.602. The van der Waals surface area contributed by atoms with Crippen molar-refractivity contribution in [3.8, 4) is 0 Å². The Labute approximate surface area is 84.7 Å². The van der Waals surface area contributed by atoms with Gasteiger partial charge >= 0.3 is 0 Å². The lowest BCUT2D eigenvalue weighted by atomic mass is 10.1. The number of carbonyl (C=O) groups excluding carboxylic acids is 1. The molecule has 14 heavy (non-hydrogen) atoms. The lowest BCUT2D eigenvalue weighted by Crippen LogP contribution is -2.51. The third-order valence-corrected chi connectivity index (χ3v) is 2.21. The van der Waals surface area contributed by atoms with E-state index in [1.165, 1.54) is 12.3 Å². The molecule has 78 valence electrons. The first-order valence-corrected chi connectivity index (χ1v) is 4.76. The van der Waals surface area contributed by atoms with Crippen molar-refractivity contribution in [1.82, 2.24) is 14.9 Å². The molecule has 0 saturated heterocycles. The normalized spacial score (nSPS) is 11.4. The third-order valence-electron chi connectivity index (χ3n) is 1.71. The minimum Gasteiger partial charge on any atom is -0.394 e. The predicted octanol–water partition coefficient (Wildman–Crippen LogP) is -0.989. The molecule has 0 bridgehead atoms. The first-order valence-electron chi connectivity index (χ1n) is 3.92. The minimum atomic E-state index is -1.03. The topological polar surface area (TPSA) is 95.3 Å². The summed E-state index contributed by atoms with van der Waals surface area (Å²) in [6.07, 6.45) is 0. The summed E-state index contributed by atoms with van der Waals surface area (Å²) in [7, 11) is 0. The molecule has 0 aromatic carbocycles. The van der Waals surface area contributed by atoms with E-state index in [2.05, 4.69) is 14.9 Å². The zero-order chi connectivity index (χ0) is 10.6. The SMILES string of the molecule is CC(CO)(CO)NC(=O)c1csnn1. The number of amides is 1. The summed E-state index contributed by atoms with van der Waals surface area (Å²) in [6, 6.07) is 0. The number of aliphatic hydroxyl groups is 2. The predicted molar refractivity (Wildman–Crippen MR) is 50.0 cm³/mol. The van der Waals surface area contributed by atoms with Crippen molar-refractivity contribution in [1.29, 1.82) is 0 Å². The Morgan fingerprint density at radius 2 is 2.29 bits per heavy atom. The maximum Gasteiger partial charge on any atom is 0.273 e. The molecule has 1 amide bonds. The van der Waals surface area contributed by atoms with Gasteiger partial charge in [0.2, 0.25) is 0 Å². The molecule has 1 aromatic rings. The van der Waals surface area contributed by atoms with E-state index in [-0.39, 0.29) is 18.9 Å². The van der Waals surface area contributed by atoms with Crippen LogP contribution in [0.25, 0.3) is 0 Å². The van der Waals surface area contributed by atoms with Crippen molar-refractivity contribution < 1.29 is 15.0 Å². The standard InChI is InChI=1S/C7H11N3O3S/c1-7(3-11,4-12)8-6(13)5-2-14-10-9-5/h2,11-12H,3-4H2,1H3,(H,8,13). The number of nitrogens with zero attached hydrogens (tertiary/aromatic N) is 2. The summed E-state index contributed by atoms with van der Waals surface area (Å²) < 4.78 is 3.53. The average molecular weight is 217 g/mol. The highest BCUT2D eigenvalue weighted by Crippen LogP contribution is 2.04. The maximum absolute atomic E-state index is 11.4. The smallest absolute Gasteiger partial charge is 0.273 e. The highest BCUT2D eigenvalue weighted by molar-refractivity contribution is 7.03. The van der Waals surface area contributed by atoms with Crippen LogP contribution >= 0.6 is 11.5 Å². The highest BCUT2D eigenvalue weighted by Gasteiger charge is 2.25. The Morgan fingerprint density at radius 1 is 1.64 bits per heavy atom. The van der Waals surface area contributed by atoms with Crippen LogP contribution in [0, 0.1) is 0 Å². The molecule has 0 radical (unpaired) electrons. The van der Waals surface area contributed by atoms with Crippen LogP contribution in [0.5, 0.6) is 0 Å². The average Bonchev–Trinajstić information content (AvgIpc) is 2.70. The number of rotatable bonds is 4. The van der Waals surface area contributed by atoms with Gasteiger partial charge < -0.3 is 15.5 Å². The van der Waals surface area contributed by atoms with E-state index in [1.54, 1.807) is 0 Å². The molecule has 3 N–H and O–H groups in total. The van der Waals surface area contributed by atoms with Gasteiger partial charge in [0.15, 0.2) is 5.69 Å². The molecule has 0 aliphatic rings. The molecule has 0 aliphatic carbocycles. The molecule has 0 spiro atoms. The summed E-state index contributed by atoms with van der Waals surface area (Å²) in [6.45, 7) is 0.851. The number of hydrogen-bond acceptors (Lipinski definition) is 6. The first kappa shape index (κ1) is 11.0.